The van der Waals surface area contributed by atoms with Crippen molar-refractivity contribution in [1.29, 1.82) is 0 Å². The van der Waals surface area contributed by atoms with Crippen molar-refractivity contribution in [3.8, 4) is 28.0 Å². The van der Waals surface area contributed by atoms with Crippen LogP contribution in [0.1, 0.15) is 73.1 Å². The zero-order chi connectivity index (χ0) is 38.8. The van der Waals surface area contributed by atoms with Gasteiger partial charge in [0, 0.05) is 58.3 Å². The Kier molecular flexibility index (Phi) is 7.32. The summed E-state index contributed by atoms with van der Waals surface area (Å²) in [5.41, 5.74) is 11.3. The fraction of sp³-hybridized carbons (Fsp3) is 0.231. The summed E-state index contributed by atoms with van der Waals surface area (Å²) in [7, 11) is 0. The molecule has 2 aliphatic heterocycles. The van der Waals surface area contributed by atoms with Crippen LogP contribution < -0.4 is 9.64 Å². The largest absolute Gasteiger partial charge is 0.472 e. The van der Waals surface area contributed by atoms with Crippen molar-refractivity contribution in [2.45, 2.75) is 50.5 Å². The van der Waals surface area contributed by atoms with E-state index in [2.05, 4.69) is 124 Å². The Morgan fingerprint density at radius 2 is 1.33 bits per heavy atom. The standard InChI is InChI=1S/C52H43F2NO2/c1-50(2)43-21-10-31-8-5-6-9-37(31)46(43)39-18-13-33(28-44(39)50)52(32-11-16-36(17-12-32)55-24-7-26-56-27-25-55)23-22-41-48-47(38-19-14-34(53)29-42(38)49(41)57-52)40-20-15-35(54)30-45(40)51(48,3)4/h5-6,8-23,28-30H,7,24-27H2,1-4H3. The van der Waals surface area contributed by atoms with E-state index in [9.17, 15) is 4.39 Å². The molecular formula is C52H43F2NO2. The molecule has 1 unspecified atom stereocenters. The normalized spacial score (nSPS) is 19.7. The lowest BCUT2D eigenvalue weighted by atomic mass is 9.75. The lowest BCUT2D eigenvalue weighted by Crippen LogP contribution is -2.35. The second-order valence-electron chi connectivity index (χ2n) is 17.3. The molecule has 0 spiro atoms. The Labute approximate surface area is 332 Å². The van der Waals surface area contributed by atoms with Gasteiger partial charge in [-0.05, 0) is 116 Å². The van der Waals surface area contributed by atoms with Gasteiger partial charge in [-0.15, -0.1) is 0 Å². The number of rotatable bonds is 3. The van der Waals surface area contributed by atoms with Gasteiger partial charge in [0.05, 0.1) is 6.61 Å². The molecule has 0 radical (unpaired) electrons. The van der Waals surface area contributed by atoms with E-state index in [0.717, 1.165) is 76.1 Å². The van der Waals surface area contributed by atoms with E-state index in [1.165, 1.54) is 45.2 Å². The van der Waals surface area contributed by atoms with E-state index < -0.39 is 11.0 Å². The molecule has 0 amide bonds. The van der Waals surface area contributed by atoms with Crippen LogP contribution in [0.2, 0.25) is 0 Å². The number of nitrogens with zero attached hydrogens (tertiary/aromatic N) is 1. The molecule has 7 aromatic carbocycles. The number of hydrogen-bond acceptors (Lipinski definition) is 3. The van der Waals surface area contributed by atoms with Crippen LogP contribution in [0.15, 0.2) is 121 Å². The van der Waals surface area contributed by atoms with Crippen LogP contribution in [0.5, 0.6) is 5.75 Å². The average molecular weight is 752 g/mol. The Hall–Kier alpha value is -5.78. The third-order valence-electron chi connectivity index (χ3n) is 13.4. The second kappa shape index (κ2) is 12.1. The van der Waals surface area contributed by atoms with Gasteiger partial charge in [0.2, 0.25) is 0 Å². The predicted octanol–water partition coefficient (Wildman–Crippen LogP) is 12.5. The summed E-state index contributed by atoms with van der Waals surface area (Å²) in [4.78, 5) is 2.39. The molecule has 4 aliphatic rings. The van der Waals surface area contributed by atoms with E-state index in [4.69, 9.17) is 9.47 Å². The maximum absolute atomic E-state index is 15.5. The van der Waals surface area contributed by atoms with Crippen molar-refractivity contribution in [3.05, 3.63) is 172 Å². The van der Waals surface area contributed by atoms with Gasteiger partial charge < -0.3 is 14.4 Å². The second-order valence-corrected chi connectivity index (χ2v) is 17.3. The van der Waals surface area contributed by atoms with Gasteiger partial charge in [0.1, 0.15) is 17.4 Å². The summed E-state index contributed by atoms with van der Waals surface area (Å²) in [6, 6.07) is 38.8. The lowest BCUT2D eigenvalue weighted by molar-refractivity contribution is 0.152. The molecule has 2 heterocycles. The molecule has 5 heteroatoms. The van der Waals surface area contributed by atoms with E-state index in [1.807, 2.05) is 12.1 Å². The quantitative estimate of drug-likeness (QED) is 0.179. The van der Waals surface area contributed by atoms with Crippen molar-refractivity contribution >= 4 is 33.3 Å². The summed E-state index contributed by atoms with van der Waals surface area (Å²) < 4.78 is 43.8. The number of hydrogen-bond donors (Lipinski definition) is 0. The van der Waals surface area contributed by atoms with Crippen molar-refractivity contribution in [2.75, 3.05) is 31.2 Å². The maximum atomic E-state index is 15.5. The highest BCUT2D eigenvalue weighted by Crippen LogP contribution is 2.59. The van der Waals surface area contributed by atoms with Crippen LogP contribution >= 0.6 is 0 Å². The van der Waals surface area contributed by atoms with Gasteiger partial charge in [-0.1, -0.05) is 107 Å². The molecule has 1 atom stereocenters. The number of halogens is 2. The minimum atomic E-state index is -1.05. The number of fused-ring (bicyclic) bond motifs is 13. The fourth-order valence-electron chi connectivity index (χ4n) is 10.6. The first-order valence-corrected chi connectivity index (χ1v) is 20.2. The summed E-state index contributed by atoms with van der Waals surface area (Å²) in [5.74, 6) is 0.0328. The zero-order valence-corrected chi connectivity index (χ0v) is 32.7. The third kappa shape index (κ3) is 4.85. The molecule has 11 rings (SSSR count). The molecule has 2 aliphatic carbocycles. The number of benzene rings is 7. The van der Waals surface area contributed by atoms with Crippen LogP contribution in [0.25, 0.3) is 49.9 Å². The van der Waals surface area contributed by atoms with Gasteiger partial charge >= 0.3 is 0 Å². The number of ether oxygens (including phenoxy) is 2. The molecule has 57 heavy (non-hydrogen) atoms. The van der Waals surface area contributed by atoms with Gasteiger partial charge in [-0.2, -0.15) is 0 Å². The molecule has 1 fully saturated rings. The van der Waals surface area contributed by atoms with Crippen LogP contribution in [-0.4, -0.2) is 26.3 Å². The molecule has 1 saturated heterocycles. The number of anilines is 1. The molecule has 0 bridgehead atoms. The molecule has 282 valence electrons. The van der Waals surface area contributed by atoms with Gasteiger partial charge in [-0.3, -0.25) is 0 Å². The lowest BCUT2D eigenvalue weighted by Gasteiger charge is -2.39. The Balaban J connectivity index is 1.15. The topological polar surface area (TPSA) is 21.7 Å². The molecule has 7 aromatic rings. The summed E-state index contributed by atoms with van der Waals surface area (Å²) in [5, 5.41) is 4.08. The summed E-state index contributed by atoms with van der Waals surface area (Å²) in [6.45, 7) is 12.2. The molecule has 0 saturated carbocycles. The van der Waals surface area contributed by atoms with Crippen LogP contribution in [0.4, 0.5) is 14.5 Å². The minimum absolute atomic E-state index is 0.261. The Bertz CT molecular complexity index is 2860. The summed E-state index contributed by atoms with van der Waals surface area (Å²) >= 11 is 0. The average Bonchev–Trinajstić information content (AvgIpc) is 3.41. The molecule has 0 aromatic heterocycles. The fourth-order valence-corrected chi connectivity index (χ4v) is 10.6. The van der Waals surface area contributed by atoms with Crippen molar-refractivity contribution in [3.63, 3.8) is 0 Å². The first-order chi connectivity index (χ1) is 27.6. The van der Waals surface area contributed by atoms with Gasteiger partial charge in [0.15, 0.2) is 5.60 Å². The Morgan fingerprint density at radius 3 is 2.19 bits per heavy atom. The van der Waals surface area contributed by atoms with Crippen molar-refractivity contribution in [1.82, 2.24) is 0 Å². The van der Waals surface area contributed by atoms with Crippen LogP contribution in [0, 0.1) is 11.6 Å². The SMILES string of the molecule is CC1(C)c2cc(C3(c4ccc(N5CCCOCC5)cc4)C=Cc4c5c(c6ccc(F)cc6c4O3)-c3ccc(F)cc3C5(C)C)ccc2-c2c1ccc1ccccc21. The highest BCUT2D eigenvalue weighted by molar-refractivity contribution is 6.08. The van der Waals surface area contributed by atoms with Crippen LogP contribution in [0.3, 0.4) is 0 Å². The van der Waals surface area contributed by atoms with Crippen molar-refractivity contribution in [2.24, 2.45) is 0 Å². The smallest absolute Gasteiger partial charge is 0.178 e. The summed E-state index contributed by atoms with van der Waals surface area (Å²) in [6.07, 6.45) is 5.37. The highest BCUT2D eigenvalue weighted by Gasteiger charge is 2.46. The van der Waals surface area contributed by atoms with Gasteiger partial charge in [0.25, 0.3) is 0 Å². The monoisotopic (exact) mass is 751 g/mol. The molecular weight excluding hydrogens is 709 g/mol. The third-order valence-corrected chi connectivity index (χ3v) is 13.4. The van der Waals surface area contributed by atoms with E-state index in [-0.39, 0.29) is 17.0 Å². The highest BCUT2D eigenvalue weighted by atomic mass is 19.1. The molecule has 0 N–H and O–H groups in total. The first kappa shape index (κ1) is 34.5. The van der Waals surface area contributed by atoms with E-state index >= 15 is 4.39 Å². The molecule has 3 nitrogen and oxygen atoms in total. The van der Waals surface area contributed by atoms with Gasteiger partial charge in [-0.25, -0.2) is 8.78 Å². The predicted molar refractivity (Wildman–Crippen MR) is 227 cm³/mol. The van der Waals surface area contributed by atoms with Crippen LogP contribution in [-0.2, 0) is 21.2 Å². The first-order valence-electron chi connectivity index (χ1n) is 20.2. The maximum Gasteiger partial charge on any atom is 0.178 e. The van der Waals surface area contributed by atoms with Crippen molar-refractivity contribution < 1.29 is 18.3 Å². The van der Waals surface area contributed by atoms with E-state index in [1.54, 1.807) is 12.1 Å². The zero-order valence-electron chi connectivity index (χ0n) is 32.7. The van der Waals surface area contributed by atoms with E-state index in [0.29, 0.717) is 17.7 Å². The minimum Gasteiger partial charge on any atom is -0.472 e. The Morgan fingerprint density at radius 1 is 0.596 bits per heavy atom.